The Labute approximate surface area is 158 Å². The molecule has 0 amide bonds. The first-order valence-electron chi connectivity index (χ1n) is 8.47. The molecular weight excluding hydrogens is 348 g/mol. The van der Waals surface area contributed by atoms with Crippen molar-refractivity contribution in [3.05, 3.63) is 29.3 Å². The third-order valence-corrected chi connectivity index (χ3v) is 4.95. The van der Waals surface area contributed by atoms with Crippen molar-refractivity contribution in [3.8, 4) is 28.7 Å². The summed E-state index contributed by atoms with van der Waals surface area (Å²) in [4.78, 5) is 0. The first-order valence-corrected chi connectivity index (χ1v) is 8.47. The summed E-state index contributed by atoms with van der Waals surface area (Å²) in [6, 6.07) is 5.52. The molecule has 27 heavy (non-hydrogen) atoms. The molecule has 3 rings (SSSR count). The lowest BCUT2D eigenvalue weighted by molar-refractivity contribution is 0.273. The van der Waals surface area contributed by atoms with Gasteiger partial charge in [0.1, 0.15) is 28.7 Å². The monoisotopic (exact) mass is 372 g/mol. The van der Waals surface area contributed by atoms with Gasteiger partial charge in [-0.1, -0.05) is 0 Å². The third-order valence-electron chi connectivity index (χ3n) is 4.95. The minimum atomic E-state index is -0.149. The third kappa shape index (κ3) is 2.68. The Morgan fingerprint density at radius 3 is 1.67 bits per heavy atom. The summed E-state index contributed by atoms with van der Waals surface area (Å²) in [5.74, 6) is 3.13. The van der Waals surface area contributed by atoms with Crippen molar-refractivity contribution in [2.45, 2.75) is 13.5 Å². The van der Waals surface area contributed by atoms with Crippen molar-refractivity contribution >= 4 is 21.5 Å². The van der Waals surface area contributed by atoms with Gasteiger partial charge >= 0.3 is 0 Å². The van der Waals surface area contributed by atoms with Crippen LogP contribution in [0.5, 0.6) is 28.7 Å². The van der Waals surface area contributed by atoms with Crippen molar-refractivity contribution in [2.75, 3.05) is 35.5 Å². The van der Waals surface area contributed by atoms with Gasteiger partial charge in [-0.15, -0.1) is 0 Å². The molecule has 6 heteroatoms. The molecule has 3 aromatic rings. The van der Waals surface area contributed by atoms with Crippen LogP contribution in [0.2, 0.25) is 0 Å². The van der Waals surface area contributed by atoms with Crippen LogP contribution in [0.3, 0.4) is 0 Å². The van der Waals surface area contributed by atoms with E-state index in [2.05, 4.69) is 0 Å². The maximum atomic E-state index is 9.88. The van der Waals surface area contributed by atoms with Crippen molar-refractivity contribution in [3.63, 3.8) is 0 Å². The molecule has 0 aliphatic carbocycles. The zero-order chi connectivity index (χ0) is 19.7. The van der Waals surface area contributed by atoms with Gasteiger partial charge in [-0.05, 0) is 30.7 Å². The summed E-state index contributed by atoms with van der Waals surface area (Å²) in [7, 11) is 8.02. The SMILES string of the molecule is COc1cc2c(OC)c3c(OC)ccc(OC)c3c(OC)c2c(C)c1CO. The average Bonchev–Trinajstić information content (AvgIpc) is 2.70. The van der Waals surface area contributed by atoms with Gasteiger partial charge in [0.2, 0.25) is 0 Å². The van der Waals surface area contributed by atoms with Crippen LogP contribution < -0.4 is 23.7 Å². The second-order valence-corrected chi connectivity index (χ2v) is 6.05. The Morgan fingerprint density at radius 1 is 0.704 bits per heavy atom. The normalized spacial score (nSPS) is 10.9. The van der Waals surface area contributed by atoms with E-state index in [4.69, 9.17) is 23.7 Å². The van der Waals surface area contributed by atoms with Crippen LogP contribution in [0.1, 0.15) is 11.1 Å². The second kappa shape index (κ2) is 7.40. The summed E-state index contributed by atoms with van der Waals surface area (Å²) in [6.45, 7) is 1.78. The Morgan fingerprint density at radius 2 is 1.22 bits per heavy atom. The first kappa shape index (κ1) is 18.9. The Hall–Kier alpha value is -2.86. The number of aliphatic hydroxyl groups excluding tert-OH is 1. The zero-order valence-electron chi connectivity index (χ0n) is 16.4. The molecule has 0 aliphatic heterocycles. The number of fused-ring (bicyclic) bond motifs is 2. The molecule has 0 bridgehead atoms. The molecule has 0 unspecified atom stereocenters. The van der Waals surface area contributed by atoms with Crippen LogP contribution in [0.15, 0.2) is 18.2 Å². The number of hydrogen-bond acceptors (Lipinski definition) is 6. The number of aliphatic hydroxyl groups is 1. The van der Waals surface area contributed by atoms with Crippen molar-refractivity contribution < 1.29 is 28.8 Å². The minimum Gasteiger partial charge on any atom is -0.496 e. The molecule has 0 atom stereocenters. The Bertz CT molecular complexity index is 1010. The fourth-order valence-electron chi connectivity index (χ4n) is 3.71. The lowest BCUT2D eigenvalue weighted by Crippen LogP contribution is -2.02. The molecule has 0 spiro atoms. The van der Waals surface area contributed by atoms with Crippen molar-refractivity contribution in [1.29, 1.82) is 0 Å². The summed E-state index contributed by atoms with van der Waals surface area (Å²) in [6.07, 6.45) is 0. The molecule has 0 saturated heterocycles. The van der Waals surface area contributed by atoms with E-state index in [9.17, 15) is 5.11 Å². The predicted octanol–water partition coefficient (Wildman–Crippen LogP) is 3.84. The molecular formula is C21H24O6. The number of ether oxygens (including phenoxy) is 5. The van der Waals surface area contributed by atoms with Gasteiger partial charge in [0.15, 0.2) is 0 Å². The number of methoxy groups -OCH3 is 5. The lowest BCUT2D eigenvalue weighted by Gasteiger charge is -2.22. The highest BCUT2D eigenvalue weighted by Gasteiger charge is 2.25. The summed E-state index contributed by atoms with van der Waals surface area (Å²) >= 11 is 0. The van der Waals surface area contributed by atoms with E-state index in [-0.39, 0.29) is 6.61 Å². The van der Waals surface area contributed by atoms with Crippen LogP contribution in [-0.4, -0.2) is 40.7 Å². The maximum absolute atomic E-state index is 9.88. The quantitative estimate of drug-likeness (QED) is 0.663. The van der Waals surface area contributed by atoms with Gasteiger partial charge in [-0.3, -0.25) is 0 Å². The minimum absolute atomic E-state index is 0.149. The number of rotatable bonds is 6. The van der Waals surface area contributed by atoms with Crippen molar-refractivity contribution in [2.24, 2.45) is 0 Å². The second-order valence-electron chi connectivity index (χ2n) is 6.05. The van der Waals surface area contributed by atoms with Gasteiger partial charge in [-0.2, -0.15) is 0 Å². The van der Waals surface area contributed by atoms with E-state index < -0.39 is 0 Å². The van der Waals surface area contributed by atoms with Crippen molar-refractivity contribution in [1.82, 2.24) is 0 Å². The highest BCUT2D eigenvalue weighted by molar-refractivity contribution is 6.16. The van der Waals surface area contributed by atoms with Crippen LogP contribution in [0.25, 0.3) is 21.5 Å². The first-order chi connectivity index (χ1) is 13.1. The number of hydrogen-bond donors (Lipinski definition) is 1. The van der Waals surface area contributed by atoms with Crippen LogP contribution in [0.4, 0.5) is 0 Å². The predicted molar refractivity (Wildman–Crippen MR) is 105 cm³/mol. The fraction of sp³-hybridized carbons (Fsp3) is 0.333. The summed E-state index contributed by atoms with van der Waals surface area (Å²) in [5.41, 5.74) is 1.56. The van der Waals surface area contributed by atoms with Crippen LogP contribution in [0, 0.1) is 6.92 Å². The Kier molecular flexibility index (Phi) is 5.19. The highest BCUT2D eigenvalue weighted by atomic mass is 16.5. The molecule has 1 N–H and O–H groups in total. The molecule has 0 aliphatic rings. The number of aryl methyl sites for hydroxylation is 1. The van der Waals surface area contributed by atoms with E-state index in [0.29, 0.717) is 34.3 Å². The highest BCUT2D eigenvalue weighted by Crippen LogP contribution is 2.52. The Balaban J connectivity index is 2.71. The molecule has 0 saturated carbocycles. The summed E-state index contributed by atoms with van der Waals surface area (Å²) < 4.78 is 28.3. The molecule has 0 fully saturated rings. The molecule has 3 aromatic carbocycles. The lowest BCUT2D eigenvalue weighted by atomic mass is 9.93. The van der Waals surface area contributed by atoms with E-state index in [0.717, 1.165) is 27.1 Å². The molecule has 144 valence electrons. The van der Waals surface area contributed by atoms with Gasteiger partial charge in [0.05, 0.1) is 52.9 Å². The topological polar surface area (TPSA) is 66.4 Å². The van der Waals surface area contributed by atoms with Crippen LogP contribution in [-0.2, 0) is 6.61 Å². The fourth-order valence-corrected chi connectivity index (χ4v) is 3.71. The average molecular weight is 372 g/mol. The largest absolute Gasteiger partial charge is 0.496 e. The summed E-state index contributed by atoms with van der Waals surface area (Å²) in [5, 5.41) is 13.0. The molecule has 6 nitrogen and oxygen atoms in total. The van der Waals surface area contributed by atoms with Gasteiger partial charge in [0, 0.05) is 16.3 Å². The standard InChI is InChI=1S/C21H24O6/c1-11-13(10-22)16(25-4)9-12-17(11)21(27-6)19-15(24-3)8-7-14(23-2)18(19)20(12)26-5/h7-9,22H,10H2,1-6H3. The maximum Gasteiger partial charge on any atom is 0.138 e. The zero-order valence-corrected chi connectivity index (χ0v) is 16.4. The molecule has 0 aromatic heterocycles. The van der Waals surface area contributed by atoms with Crippen LogP contribution >= 0.6 is 0 Å². The van der Waals surface area contributed by atoms with E-state index in [1.165, 1.54) is 0 Å². The molecule has 0 radical (unpaired) electrons. The van der Waals surface area contributed by atoms with E-state index in [1.807, 2.05) is 25.1 Å². The molecule has 0 heterocycles. The number of benzene rings is 3. The van der Waals surface area contributed by atoms with Gasteiger partial charge in [0.25, 0.3) is 0 Å². The van der Waals surface area contributed by atoms with E-state index in [1.54, 1.807) is 35.5 Å². The smallest absolute Gasteiger partial charge is 0.138 e. The van der Waals surface area contributed by atoms with Gasteiger partial charge < -0.3 is 28.8 Å². The van der Waals surface area contributed by atoms with E-state index >= 15 is 0 Å². The van der Waals surface area contributed by atoms with Gasteiger partial charge in [-0.25, -0.2) is 0 Å².